The van der Waals surface area contributed by atoms with Crippen molar-refractivity contribution in [2.75, 3.05) is 11.9 Å². The summed E-state index contributed by atoms with van der Waals surface area (Å²) in [5.74, 6) is 0. The molecule has 3 aromatic rings. The molecule has 1 heterocycles. The molecule has 0 spiro atoms. The van der Waals surface area contributed by atoms with Gasteiger partial charge in [0.25, 0.3) is 0 Å². The summed E-state index contributed by atoms with van der Waals surface area (Å²) >= 11 is 0. The van der Waals surface area contributed by atoms with Crippen molar-refractivity contribution in [3.8, 4) is 6.07 Å². The van der Waals surface area contributed by atoms with Gasteiger partial charge in [-0.2, -0.15) is 5.26 Å². The molecule has 0 aliphatic rings. The average Bonchev–Trinajstić information content (AvgIpc) is 3.01. The van der Waals surface area contributed by atoms with Crippen LogP contribution in [0.5, 0.6) is 0 Å². The lowest BCUT2D eigenvalue weighted by Gasteiger charge is -2.11. The van der Waals surface area contributed by atoms with Gasteiger partial charge in [-0.3, -0.25) is 0 Å². The summed E-state index contributed by atoms with van der Waals surface area (Å²) < 4.78 is 2.03. The molecule has 2 aromatic carbocycles. The molecule has 3 rings (SSSR count). The number of fused-ring (bicyclic) bond motifs is 1. The van der Waals surface area contributed by atoms with Crippen molar-refractivity contribution < 1.29 is 0 Å². The van der Waals surface area contributed by atoms with Crippen LogP contribution in [0, 0.1) is 11.3 Å². The summed E-state index contributed by atoms with van der Waals surface area (Å²) in [4.78, 5) is 4.02. The topological polar surface area (TPSA) is 53.6 Å². The van der Waals surface area contributed by atoms with Gasteiger partial charge in [-0.15, -0.1) is 0 Å². The van der Waals surface area contributed by atoms with E-state index in [9.17, 15) is 0 Å². The van der Waals surface area contributed by atoms with E-state index < -0.39 is 0 Å². The van der Waals surface area contributed by atoms with Crippen LogP contribution in [0.1, 0.15) is 5.56 Å². The summed E-state index contributed by atoms with van der Waals surface area (Å²) in [6.07, 6.45) is 5.52. The van der Waals surface area contributed by atoms with E-state index in [1.54, 1.807) is 12.5 Å². The molecule has 0 amide bonds. The first-order valence-corrected chi connectivity index (χ1v) is 6.50. The molecule has 0 radical (unpaired) electrons. The van der Waals surface area contributed by atoms with E-state index in [4.69, 9.17) is 5.26 Å². The maximum absolute atomic E-state index is 9.15. The minimum atomic E-state index is 0.709. The minimum absolute atomic E-state index is 0.709. The first-order valence-electron chi connectivity index (χ1n) is 6.50. The zero-order valence-electron chi connectivity index (χ0n) is 11.0. The van der Waals surface area contributed by atoms with Crippen molar-refractivity contribution >= 4 is 16.5 Å². The molecule has 4 nitrogen and oxygen atoms in total. The highest BCUT2D eigenvalue weighted by atomic mass is 15.0. The third-order valence-corrected chi connectivity index (χ3v) is 3.29. The van der Waals surface area contributed by atoms with Crippen molar-refractivity contribution in [3.05, 3.63) is 60.7 Å². The van der Waals surface area contributed by atoms with Crippen LogP contribution in [-0.4, -0.2) is 16.1 Å². The number of nitriles is 1. The molecule has 20 heavy (non-hydrogen) atoms. The normalized spacial score (nSPS) is 10.3. The Bertz CT molecular complexity index is 754. The predicted octanol–water partition coefficient (Wildman–Crippen LogP) is 3.02. The number of aromatic nitrogens is 2. The number of nitrogens with one attached hydrogen (secondary N) is 1. The molecule has 0 aliphatic carbocycles. The first-order chi connectivity index (χ1) is 9.88. The van der Waals surface area contributed by atoms with Crippen LogP contribution < -0.4 is 5.32 Å². The van der Waals surface area contributed by atoms with Crippen LogP contribution in [0.25, 0.3) is 10.8 Å². The predicted molar refractivity (Wildman–Crippen MR) is 79.4 cm³/mol. The Hall–Kier alpha value is -2.80. The smallest absolute Gasteiger partial charge is 0.0998 e. The molecule has 0 aliphatic heterocycles. The molecule has 1 aromatic heterocycles. The third-order valence-electron chi connectivity index (χ3n) is 3.29. The molecular weight excluding hydrogens is 248 g/mol. The second-order valence-corrected chi connectivity index (χ2v) is 4.55. The van der Waals surface area contributed by atoms with Gasteiger partial charge in [0.1, 0.15) is 0 Å². The van der Waals surface area contributed by atoms with Crippen LogP contribution in [0.15, 0.2) is 55.1 Å². The highest BCUT2D eigenvalue weighted by Crippen LogP contribution is 2.26. The van der Waals surface area contributed by atoms with Crippen LogP contribution in [0.4, 0.5) is 5.69 Å². The van der Waals surface area contributed by atoms with Gasteiger partial charge >= 0.3 is 0 Å². The summed E-state index contributed by atoms with van der Waals surface area (Å²) in [5.41, 5.74) is 1.76. The Kier molecular flexibility index (Phi) is 3.34. The Morgan fingerprint density at radius 1 is 1.15 bits per heavy atom. The van der Waals surface area contributed by atoms with Gasteiger partial charge in [-0.05, 0) is 12.1 Å². The van der Waals surface area contributed by atoms with Gasteiger partial charge in [0.2, 0.25) is 0 Å². The van der Waals surface area contributed by atoms with Gasteiger partial charge in [0.15, 0.2) is 0 Å². The van der Waals surface area contributed by atoms with E-state index in [2.05, 4.69) is 16.4 Å². The van der Waals surface area contributed by atoms with Gasteiger partial charge < -0.3 is 9.88 Å². The van der Waals surface area contributed by atoms with E-state index in [-0.39, 0.29) is 0 Å². The Morgan fingerprint density at radius 2 is 2.00 bits per heavy atom. The van der Waals surface area contributed by atoms with E-state index in [1.807, 2.05) is 47.2 Å². The van der Waals surface area contributed by atoms with E-state index in [0.717, 1.165) is 29.5 Å². The zero-order chi connectivity index (χ0) is 13.8. The lowest BCUT2D eigenvalue weighted by molar-refractivity contribution is 0.727. The van der Waals surface area contributed by atoms with Crippen LogP contribution in [-0.2, 0) is 6.54 Å². The number of hydrogen-bond acceptors (Lipinski definition) is 3. The van der Waals surface area contributed by atoms with Crippen molar-refractivity contribution in [2.24, 2.45) is 0 Å². The van der Waals surface area contributed by atoms with Crippen LogP contribution >= 0.6 is 0 Å². The Labute approximate surface area is 117 Å². The molecule has 1 N–H and O–H groups in total. The van der Waals surface area contributed by atoms with Gasteiger partial charge in [-0.1, -0.05) is 24.3 Å². The van der Waals surface area contributed by atoms with Crippen molar-refractivity contribution in [2.45, 2.75) is 6.54 Å². The third kappa shape index (κ3) is 2.34. The zero-order valence-corrected chi connectivity index (χ0v) is 11.0. The molecule has 0 saturated heterocycles. The standard InChI is InChI=1S/C16H14N4/c17-11-13-5-6-16(15-4-2-1-3-14(13)15)19-8-10-20-9-7-18-12-20/h1-7,9,12,19H,8,10H2. The second-order valence-electron chi connectivity index (χ2n) is 4.55. The quantitative estimate of drug-likeness (QED) is 0.786. The molecule has 4 heteroatoms. The number of rotatable bonds is 4. The molecule has 0 unspecified atom stereocenters. The average molecular weight is 262 g/mol. The fraction of sp³-hybridized carbons (Fsp3) is 0.125. The largest absolute Gasteiger partial charge is 0.383 e. The lowest BCUT2D eigenvalue weighted by atomic mass is 10.0. The fourth-order valence-electron chi connectivity index (χ4n) is 2.29. The second kappa shape index (κ2) is 5.45. The Balaban J connectivity index is 1.83. The number of imidazole rings is 1. The minimum Gasteiger partial charge on any atom is -0.383 e. The molecule has 98 valence electrons. The summed E-state index contributed by atoms with van der Waals surface area (Å²) in [6, 6.07) is 14.0. The van der Waals surface area contributed by atoms with Crippen molar-refractivity contribution in [1.82, 2.24) is 9.55 Å². The molecular formula is C16H14N4. The number of nitrogens with zero attached hydrogens (tertiary/aromatic N) is 3. The summed E-state index contributed by atoms with van der Waals surface area (Å²) in [7, 11) is 0. The van der Waals surface area contributed by atoms with Gasteiger partial charge in [0.05, 0.1) is 18.0 Å². The maximum Gasteiger partial charge on any atom is 0.0998 e. The molecule has 0 bridgehead atoms. The van der Waals surface area contributed by atoms with Crippen LogP contribution in [0.3, 0.4) is 0 Å². The van der Waals surface area contributed by atoms with Gasteiger partial charge in [-0.25, -0.2) is 4.98 Å². The molecule has 0 fully saturated rings. The van der Waals surface area contributed by atoms with E-state index in [1.165, 1.54) is 0 Å². The van der Waals surface area contributed by atoms with E-state index >= 15 is 0 Å². The van der Waals surface area contributed by atoms with Crippen molar-refractivity contribution in [1.29, 1.82) is 5.26 Å². The monoisotopic (exact) mass is 262 g/mol. The first kappa shape index (κ1) is 12.2. The molecule has 0 atom stereocenters. The van der Waals surface area contributed by atoms with Crippen LogP contribution in [0.2, 0.25) is 0 Å². The number of benzene rings is 2. The van der Waals surface area contributed by atoms with E-state index in [0.29, 0.717) is 5.56 Å². The molecule has 0 saturated carbocycles. The summed E-state index contributed by atoms with van der Waals surface area (Å²) in [5, 5.41) is 14.6. The van der Waals surface area contributed by atoms with Crippen molar-refractivity contribution in [3.63, 3.8) is 0 Å². The highest BCUT2D eigenvalue weighted by Gasteiger charge is 2.04. The number of anilines is 1. The lowest BCUT2D eigenvalue weighted by Crippen LogP contribution is -2.09. The SMILES string of the molecule is N#Cc1ccc(NCCn2ccnc2)c2ccccc12. The Morgan fingerprint density at radius 3 is 2.75 bits per heavy atom. The summed E-state index contributed by atoms with van der Waals surface area (Å²) in [6.45, 7) is 1.67. The number of hydrogen-bond donors (Lipinski definition) is 1. The maximum atomic E-state index is 9.15. The van der Waals surface area contributed by atoms with Gasteiger partial charge in [0, 0.05) is 41.9 Å². The highest BCUT2D eigenvalue weighted by molar-refractivity contribution is 5.97. The fourth-order valence-corrected chi connectivity index (χ4v) is 2.29.